The van der Waals surface area contributed by atoms with Gasteiger partial charge in [-0.3, -0.25) is 13.7 Å². The second-order valence-corrected chi connectivity index (χ2v) is 20.2. The van der Waals surface area contributed by atoms with Gasteiger partial charge in [-0.15, -0.1) is 0 Å². The summed E-state index contributed by atoms with van der Waals surface area (Å²) in [6.07, 6.45) is -0.485. The van der Waals surface area contributed by atoms with Crippen LogP contribution >= 0.6 is 22.1 Å². The molecule has 0 aliphatic heterocycles. The van der Waals surface area contributed by atoms with E-state index in [1.54, 1.807) is 83.1 Å². The third-order valence-electron chi connectivity index (χ3n) is 5.11. The monoisotopic (exact) mass is 556 g/mol. The maximum atomic E-state index is 11.2. The van der Waals surface area contributed by atoms with E-state index in [4.69, 9.17) is 15.3 Å². The molecule has 0 aromatic heterocycles. The maximum absolute atomic E-state index is 11.2. The standard InChI is InChI=1S/3C6H15O2P.C4H10O3/c3*1-5(2)9(7,8)6(3)4;5-2-1-4(7)3-6/h3*5-6H,1-4H3,(H,7,8);4-7H,1-3H2. The van der Waals surface area contributed by atoms with Gasteiger partial charge < -0.3 is 30.0 Å². The minimum Gasteiger partial charge on any atom is -0.396 e. The Labute approximate surface area is 208 Å². The van der Waals surface area contributed by atoms with Crippen molar-refractivity contribution in [2.24, 2.45) is 0 Å². The van der Waals surface area contributed by atoms with E-state index in [0.717, 1.165) is 0 Å². The normalized spacial score (nSPS) is 13.4. The predicted molar refractivity (Wildman–Crippen MR) is 145 cm³/mol. The van der Waals surface area contributed by atoms with Gasteiger partial charge in [-0.2, -0.15) is 0 Å². The van der Waals surface area contributed by atoms with Crippen LogP contribution < -0.4 is 0 Å². The van der Waals surface area contributed by atoms with Crippen molar-refractivity contribution in [3.05, 3.63) is 0 Å². The Morgan fingerprint density at radius 1 is 0.500 bits per heavy atom. The minimum atomic E-state index is -2.84. The minimum absolute atomic E-state index is 0.0677. The van der Waals surface area contributed by atoms with E-state index in [1.165, 1.54) is 0 Å². The van der Waals surface area contributed by atoms with E-state index in [9.17, 15) is 28.4 Å². The summed E-state index contributed by atoms with van der Waals surface area (Å²) in [6, 6.07) is 0. The zero-order chi connectivity index (χ0) is 28.7. The lowest BCUT2D eigenvalue weighted by Crippen LogP contribution is -2.12. The molecule has 0 saturated heterocycles. The lowest BCUT2D eigenvalue weighted by molar-refractivity contribution is 0.0721. The van der Waals surface area contributed by atoms with Crippen molar-refractivity contribution in [3.63, 3.8) is 0 Å². The Hall–Kier alpha value is 0.450. The van der Waals surface area contributed by atoms with Crippen molar-refractivity contribution in [1.82, 2.24) is 0 Å². The van der Waals surface area contributed by atoms with Gasteiger partial charge in [-0.25, -0.2) is 0 Å². The fourth-order valence-corrected chi connectivity index (χ4v) is 5.61. The molecule has 0 heterocycles. The van der Waals surface area contributed by atoms with E-state index in [2.05, 4.69) is 0 Å². The van der Waals surface area contributed by atoms with Gasteiger partial charge in [0.15, 0.2) is 0 Å². The van der Waals surface area contributed by atoms with E-state index < -0.39 is 28.2 Å². The molecule has 0 aromatic rings. The number of rotatable bonds is 9. The summed E-state index contributed by atoms with van der Waals surface area (Å²) in [5.74, 6) is 0. The highest BCUT2D eigenvalue weighted by Gasteiger charge is 2.27. The molecule has 1 atom stereocenters. The molecule has 34 heavy (non-hydrogen) atoms. The molecule has 12 heteroatoms. The van der Waals surface area contributed by atoms with Crippen LogP contribution in [0.15, 0.2) is 0 Å². The summed E-state index contributed by atoms with van der Waals surface area (Å²) < 4.78 is 33.5. The van der Waals surface area contributed by atoms with Gasteiger partial charge in [0.2, 0.25) is 22.1 Å². The lowest BCUT2D eigenvalue weighted by Gasteiger charge is -2.18. The molecule has 0 aliphatic rings. The SMILES string of the molecule is CC(C)P(=O)(O)C(C)C.CC(C)P(=O)(O)C(C)C.CC(C)P(=O)(O)C(C)C.OCCC(O)CO. The fraction of sp³-hybridized carbons (Fsp3) is 1.00. The van der Waals surface area contributed by atoms with Crippen LogP contribution in [0.4, 0.5) is 0 Å². The summed E-state index contributed by atoms with van der Waals surface area (Å²) in [7, 11) is -8.51. The first-order valence-electron chi connectivity index (χ1n) is 11.8. The first kappa shape index (κ1) is 41.6. The number of aliphatic hydroxyl groups excluding tert-OH is 3. The topological polar surface area (TPSA) is 173 Å². The molecular weight excluding hydrogens is 501 g/mol. The Bertz CT molecular complexity index is 521. The Balaban J connectivity index is -0.000000177. The van der Waals surface area contributed by atoms with Crippen molar-refractivity contribution in [2.45, 2.75) is 130 Å². The van der Waals surface area contributed by atoms with E-state index in [-0.39, 0.29) is 53.6 Å². The first-order valence-corrected chi connectivity index (χ1v) is 17.2. The Morgan fingerprint density at radius 2 is 0.676 bits per heavy atom. The van der Waals surface area contributed by atoms with Crippen molar-refractivity contribution >= 4 is 22.1 Å². The van der Waals surface area contributed by atoms with E-state index in [1.807, 2.05) is 0 Å². The molecule has 0 radical (unpaired) electrons. The highest BCUT2D eigenvalue weighted by molar-refractivity contribution is 7.60. The van der Waals surface area contributed by atoms with Crippen molar-refractivity contribution < 1.29 is 43.7 Å². The Kier molecular flexibility index (Phi) is 23.9. The van der Waals surface area contributed by atoms with Crippen LogP contribution in [0.1, 0.15) is 89.5 Å². The summed E-state index contributed by atoms with van der Waals surface area (Å²) >= 11 is 0. The predicted octanol–water partition coefficient (Wildman–Crippen LogP) is 4.94. The highest BCUT2D eigenvalue weighted by Crippen LogP contribution is 2.51. The third kappa shape index (κ3) is 18.7. The average Bonchev–Trinajstić information content (AvgIpc) is 2.68. The largest absolute Gasteiger partial charge is 0.396 e. The van der Waals surface area contributed by atoms with Gasteiger partial charge in [0.1, 0.15) is 0 Å². The molecule has 212 valence electrons. The van der Waals surface area contributed by atoms with Crippen LogP contribution in [0.25, 0.3) is 0 Å². The smallest absolute Gasteiger partial charge is 0.205 e. The quantitative estimate of drug-likeness (QED) is 0.215. The first-order chi connectivity index (χ1) is 15.0. The summed E-state index contributed by atoms with van der Waals surface area (Å²) in [6.45, 7) is 21.0. The molecule has 0 aromatic carbocycles. The molecule has 0 aliphatic carbocycles. The number of hydrogen-bond donors (Lipinski definition) is 6. The van der Waals surface area contributed by atoms with Crippen LogP contribution in [0, 0.1) is 0 Å². The molecule has 0 fully saturated rings. The molecule has 0 amide bonds. The molecule has 0 saturated carbocycles. The molecular formula is C22H55O9P3. The van der Waals surface area contributed by atoms with Gasteiger partial charge in [0.05, 0.1) is 12.7 Å². The molecule has 0 rings (SSSR count). The zero-order valence-corrected chi connectivity index (χ0v) is 26.1. The molecule has 1 unspecified atom stereocenters. The molecule has 6 N–H and O–H groups in total. The van der Waals surface area contributed by atoms with Crippen LogP contribution in [0.2, 0.25) is 0 Å². The van der Waals surface area contributed by atoms with Gasteiger partial charge in [0, 0.05) is 40.6 Å². The van der Waals surface area contributed by atoms with E-state index in [0.29, 0.717) is 0 Å². The van der Waals surface area contributed by atoms with Crippen LogP contribution in [-0.2, 0) is 13.7 Å². The van der Waals surface area contributed by atoms with Crippen LogP contribution in [0.5, 0.6) is 0 Å². The number of hydrogen-bond acceptors (Lipinski definition) is 6. The fourth-order valence-electron chi connectivity index (χ4n) is 2.03. The Morgan fingerprint density at radius 3 is 0.706 bits per heavy atom. The maximum Gasteiger partial charge on any atom is 0.205 e. The van der Waals surface area contributed by atoms with Crippen LogP contribution in [-0.4, -0.2) is 83.3 Å². The second-order valence-electron chi connectivity index (χ2n) is 9.93. The van der Waals surface area contributed by atoms with Crippen molar-refractivity contribution in [1.29, 1.82) is 0 Å². The van der Waals surface area contributed by atoms with Gasteiger partial charge in [0.25, 0.3) is 0 Å². The highest BCUT2D eigenvalue weighted by atomic mass is 31.2. The number of aliphatic hydroxyl groups is 3. The van der Waals surface area contributed by atoms with Gasteiger partial charge >= 0.3 is 0 Å². The summed E-state index contributed by atoms with van der Waals surface area (Å²) in [5.41, 5.74) is -0.597. The summed E-state index contributed by atoms with van der Waals surface area (Å²) in [5, 5.41) is 24.6. The zero-order valence-electron chi connectivity index (χ0n) is 23.4. The average molecular weight is 557 g/mol. The van der Waals surface area contributed by atoms with Crippen molar-refractivity contribution in [2.75, 3.05) is 13.2 Å². The second kappa shape index (κ2) is 19.5. The lowest BCUT2D eigenvalue weighted by atomic mass is 10.3. The van der Waals surface area contributed by atoms with Gasteiger partial charge in [-0.05, 0) is 6.42 Å². The van der Waals surface area contributed by atoms with Gasteiger partial charge in [-0.1, -0.05) is 83.1 Å². The van der Waals surface area contributed by atoms with Crippen LogP contribution in [0.3, 0.4) is 0 Å². The third-order valence-corrected chi connectivity index (χ3v) is 14.0. The molecule has 0 bridgehead atoms. The summed E-state index contributed by atoms with van der Waals surface area (Å²) in [4.78, 5) is 27.7. The molecule has 9 nitrogen and oxygen atoms in total. The van der Waals surface area contributed by atoms with Crippen molar-refractivity contribution in [3.8, 4) is 0 Å². The molecule has 0 spiro atoms. The van der Waals surface area contributed by atoms with E-state index >= 15 is 0 Å².